The van der Waals surface area contributed by atoms with Gasteiger partial charge < -0.3 is 9.47 Å². The van der Waals surface area contributed by atoms with Gasteiger partial charge in [-0.1, -0.05) is 48.5 Å². The molecule has 2 spiro atoms. The van der Waals surface area contributed by atoms with E-state index in [9.17, 15) is 0 Å². The molecule has 7 rings (SSSR count). The average molecular weight is 374 g/mol. The Morgan fingerprint density at radius 3 is 1.64 bits per heavy atom. The van der Waals surface area contributed by atoms with Crippen molar-refractivity contribution in [2.75, 3.05) is 0 Å². The SMILES string of the molecule is c1ccc2c(c1)C[C@@H]1OC3(CCCCC34N[C@@H]3c5ccccc5C[C@@H]3O4)NC21. The Hall–Kier alpha value is -1.72. The molecule has 0 bridgehead atoms. The Kier molecular flexibility index (Phi) is 3.14. The van der Waals surface area contributed by atoms with Crippen molar-refractivity contribution in [1.82, 2.24) is 10.6 Å². The van der Waals surface area contributed by atoms with Gasteiger partial charge in [-0.15, -0.1) is 0 Å². The van der Waals surface area contributed by atoms with Crippen molar-refractivity contribution >= 4 is 0 Å². The third-order valence-electron chi connectivity index (χ3n) is 7.81. The molecule has 0 amide bonds. The lowest BCUT2D eigenvalue weighted by Crippen LogP contribution is -2.68. The molecule has 0 radical (unpaired) electrons. The van der Waals surface area contributed by atoms with Crippen LogP contribution < -0.4 is 10.6 Å². The summed E-state index contributed by atoms with van der Waals surface area (Å²) in [7, 11) is 0. The summed E-state index contributed by atoms with van der Waals surface area (Å²) in [6.45, 7) is 0. The molecule has 28 heavy (non-hydrogen) atoms. The van der Waals surface area contributed by atoms with Crippen molar-refractivity contribution in [1.29, 1.82) is 0 Å². The van der Waals surface area contributed by atoms with E-state index >= 15 is 0 Å². The summed E-state index contributed by atoms with van der Waals surface area (Å²) in [5, 5.41) is 7.92. The standard InChI is InChI=1S/C24H26N2O2/c1-3-9-17-15(7-1)13-19-21(17)25-23(27-19)11-5-6-12-24(23)26-22-18-10-4-2-8-16(18)14-20(22)28-24/h1-4,7-10,19-22,25-26H,5-6,11-14H2/t19-,20-,21+,22?,23?,24?/m0/s1. The van der Waals surface area contributed by atoms with Crippen LogP contribution in [-0.4, -0.2) is 23.7 Å². The van der Waals surface area contributed by atoms with Crippen LogP contribution in [-0.2, 0) is 22.3 Å². The maximum absolute atomic E-state index is 6.89. The molecule has 2 N–H and O–H groups in total. The van der Waals surface area contributed by atoms with Crippen molar-refractivity contribution in [3.05, 3.63) is 70.8 Å². The Labute approximate surface area is 165 Å². The summed E-state index contributed by atoms with van der Waals surface area (Å²) < 4.78 is 13.8. The van der Waals surface area contributed by atoms with Crippen molar-refractivity contribution in [2.45, 2.75) is 74.3 Å². The number of ether oxygens (including phenoxy) is 2. The average Bonchev–Trinajstić information content (AvgIpc) is 3.41. The topological polar surface area (TPSA) is 42.5 Å². The minimum absolute atomic E-state index is 0.213. The molecule has 1 saturated carbocycles. The zero-order chi connectivity index (χ0) is 18.3. The fraction of sp³-hybridized carbons (Fsp3) is 0.500. The van der Waals surface area contributed by atoms with Gasteiger partial charge in [-0.3, -0.25) is 10.6 Å². The number of hydrogen-bond acceptors (Lipinski definition) is 4. The minimum atomic E-state index is -0.423. The van der Waals surface area contributed by atoms with Gasteiger partial charge in [0, 0.05) is 12.8 Å². The van der Waals surface area contributed by atoms with E-state index in [-0.39, 0.29) is 24.3 Å². The predicted molar refractivity (Wildman–Crippen MR) is 106 cm³/mol. The Morgan fingerprint density at radius 2 is 1.14 bits per heavy atom. The number of rotatable bonds is 0. The first-order valence-corrected chi connectivity index (χ1v) is 10.8. The highest BCUT2D eigenvalue weighted by Gasteiger charge is 2.66. The van der Waals surface area contributed by atoms with Crippen LogP contribution in [0.2, 0.25) is 0 Å². The summed E-state index contributed by atoms with van der Waals surface area (Å²) in [6, 6.07) is 18.1. The number of fused-ring (bicyclic) bond motifs is 7. The second-order valence-electron chi connectivity index (χ2n) is 9.22. The van der Waals surface area contributed by atoms with Crippen LogP contribution >= 0.6 is 0 Å². The van der Waals surface area contributed by atoms with Gasteiger partial charge in [0.05, 0.1) is 24.3 Å². The molecular formula is C24H26N2O2. The monoisotopic (exact) mass is 374 g/mol. The lowest BCUT2D eigenvalue weighted by molar-refractivity contribution is -0.230. The summed E-state index contributed by atoms with van der Waals surface area (Å²) >= 11 is 0. The third-order valence-corrected chi connectivity index (χ3v) is 7.81. The summed E-state index contributed by atoms with van der Waals surface area (Å²) in [4.78, 5) is 0. The molecule has 2 heterocycles. The van der Waals surface area contributed by atoms with E-state index in [1.807, 2.05) is 0 Å². The Bertz CT molecular complexity index is 884. The highest BCUT2D eigenvalue weighted by atomic mass is 16.6. The van der Waals surface area contributed by atoms with Gasteiger partial charge in [0.2, 0.25) is 0 Å². The van der Waals surface area contributed by atoms with Crippen LogP contribution in [0.5, 0.6) is 0 Å². The van der Waals surface area contributed by atoms with Gasteiger partial charge in [-0.2, -0.15) is 0 Å². The van der Waals surface area contributed by atoms with Crippen molar-refractivity contribution in [3.8, 4) is 0 Å². The van der Waals surface area contributed by atoms with Gasteiger partial charge >= 0.3 is 0 Å². The van der Waals surface area contributed by atoms with E-state index in [2.05, 4.69) is 59.2 Å². The molecule has 3 unspecified atom stereocenters. The Morgan fingerprint density at radius 1 is 0.679 bits per heavy atom. The summed E-state index contributed by atoms with van der Waals surface area (Å²) in [5.74, 6) is 0. The molecule has 3 aliphatic carbocycles. The second kappa shape index (κ2) is 5.45. The Balaban J connectivity index is 1.26. The molecule has 2 aromatic carbocycles. The zero-order valence-corrected chi connectivity index (χ0v) is 16.0. The van der Waals surface area contributed by atoms with Crippen LogP contribution in [0.3, 0.4) is 0 Å². The highest BCUT2D eigenvalue weighted by Crippen LogP contribution is 2.55. The number of benzene rings is 2. The summed E-state index contributed by atoms with van der Waals surface area (Å²) in [6.07, 6.45) is 6.82. The van der Waals surface area contributed by atoms with E-state index in [0.29, 0.717) is 0 Å². The van der Waals surface area contributed by atoms with E-state index < -0.39 is 11.4 Å². The molecule has 144 valence electrons. The smallest absolute Gasteiger partial charge is 0.163 e. The fourth-order valence-electron chi connectivity index (χ4n) is 6.60. The van der Waals surface area contributed by atoms with Crippen LogP contribution in [0, 0.1) is 0 Å². The fourth-order valence-corrected chi connectivity index (χ4v) is 6.60. The van der Waals surface area contributed by atoms with Gasteiger partial charge in [0.15, 0.2) is 11.4 Å². The van der Waals surface area contributed by atoms with Crippen LogP contribution in [0.4, 0.5) is 0 Å². The predicted octanol–water partition coefficient (Wildman–Crippen LogP) is 3.52. The molecule has 2 aromatic rings. The zero-order valence-electron chi connectivity index (χ0n) is 16.0. The normalized spacial score (nSPS) is 42.6. The molecule has 2 aliphatic heterocycles. The molecule has 2 saturated heterocycles. The molecule has 0 aromatic heterocycles. The van der Waals surface area contributed by atoms with Crippen LogP contribution in [0.1, 0.15) is 60.0 Å². The molecule has 4 heteroatoms. The van der Waals surface area contributed by atoms with Crippen LogP contribution in [0.15, 0.2) is 48.5 Å². The summed E-state index contributed by atoms with van der Waals surface area (Å²) in [5.41, 5.74) is 4.83. The first-order chi connectivity index (χ1) is 13.8. The highest BCUT2D eigenvalue weighted by molar-refractivity contribution is 5.40. The van der Waals surface area contributed by atoms with E-state index in [4.69, 9.17) is 9.47 Å². The molecule has 4 nitrogen and oxygen atoms in total. The minimum Gasteiger partial charge on any atom is -0.350 e. The molecule has 5 aliphatic rings. The molecular weight excluding hydrogens is 348 g/mol. The maximum Gasteiger partial charge on any atom is 0.163 e. The second-order valence-corrected chi connectivity index (χ2v) is 9.22. The maximum atomic E-state index is 6.89. The van der Waals surface area contributed by atoms with E-state index in [1.54, 1.807) is 0 Å². The van der Waals surface area contributed by atoms with Gasteiger partial charge in [0.25, 0.3) is 0 Å². The molecule has 6 atom stereocenters. The van der Waals surface area contributed by atoms with Crippen molar-refractivity contribution in [3.63, 3.8) is 0 Å². The van der Waals surface area contributed by atoms with Crippen molar-refractivity contribution in [2.24, 2.45) is 0 Å². The van der Waals surface area contributed by atoms with E-state index in [1.165, 1.54) is 35.1 Å². The third kappa shape index (κ3) is 1.94. The first kappa shape index (κ1) is 16.1. The van der Waals surface area contributed by atoms with Gasteiger partial charge in [0.1, 0.15) is 0 Å². The number of nitrogens with one attached hydrogen (secondary N) is 2. The van der Waals surface area contributed by atoms with Gasteiger partial charge in [-0.25, -0.2) is 0 Å². The molecule has 3 fully saturated rings. The van der Waals surface area contributed by atoms with Gasteiger partial charge in [-0.05, 0) is 47.9 Å². The van der Waals surface area contributed by atoms with Crippen molar-refractivity contribution < 1.29 is 9.47 Å². The lowest BCUT2D eigenvalue weighted by atomic mass is 9.82. The number of hydrogen-bond donors (Lipinski definition) is 2. The quantitative estimate of drug-likeness (QED) is 0.740. The van der Waals surface area contributed by atoms with E-state index in [0.717, 1.165) is 25.7 Å². The largest absolute Gasteiger partial charge is 0.350 e. The lowest BCUT2D eigenvalue weighted by Gasteiger charge is -2.49. The van der Waals surface area contributed by atoms with Crippen LogP contribution in [0.25, 0.3) is 0 Å². The first-order valence-electron chi connectivity index (χ1n) is 10.8.